The van der Waals surface area contributed by atoms with E-state index in [0.717, 1.165) is 0 Å². The van der Waals surface area contributed by atoms with Gasteiger partial charge in [0, 0.05) is 5.69 Å². The van der Waals surface area contributed by atoms with E-state index >= 15 is 0 Å². The minimum Gasteiger partial charge on any atom is -0.428 e. The number of carbonyl (C=O) groups is 2. The summed E-state index contributed by atoms with van der Waals surface area (Å²) in [6.45, 7) is 6.66. The number of carbonyl (C=O) groups excluding carboxylic acids is 2. The number of anilines is 5. The monoisotopic (exact) mass is 711 g/mol. The van der Waals surface area contributed by atoms with E-state index in [1.54, 1.807) is 27.7 Å². The molecule has 0 fully saturated rings. The minimum absolute atomic E-state index is 0.0541. The molecular weight excluding hydrogens is 683 g/mol. The standard InChI is InChI=1S/C30H29N7O10S2/c1-16-18(3)44-29(32-16)36-48(40,41)25-9-5-23(6-10-25)34-46-27(38)20-13-21(15-22(31)14-20)28(39)47-35-24-7-11-26(12-8-24)49(42,43)37-30-33-17(2)19(4)45-30/h5-15,34-35H,31H2,1-4H3,(H,32,36)(H,33,37). The van der Waals surface area contributed by atoms with Crippen molar-refractivity contribution < 1.29 is 44.9 Å². The molecule has 2 aromatic heterocycles. The minimum atomic E-state index is -4.00. The van der Waals surface area contributed by atoms with E-state index in [1.807, 2.05) is 0 Å². The van der Waals surface area contributed by atoms with Gasteiger partial charge in [0.05, 0.1) is 43.7 Å². The highest BCUT2D eigenvalue weighted by atomic mass is 32.2. The molecule has 0 radical (unpaired) electrons. The Morgan fingerprint density at radius 3 is 1.33 bits per heavy atom. The summed E-state index contributed by atoms with van der Waals surface area (Å²) in [7, 11) is -8.01. The topological polar surface area (TPSA) is 247 Å². The van der Waals surface area contributed by atoms with Crippen molar-refractivity contribution in [3.63, 3.8) is 0 Å². The first kappa shape index (κ1) is 34.3. The lowest BCUT2D eigenvalue weighted by Gasteiger charge is -2.11. The third-order valence-electron chi connectivity index (χ3n) is 6.78. The number of oxazole rings is 2. The molecule has 19 heteroatoms. The number of nitrogen functional groups attached to an aromatic ring is 1. The van der Waals surface area contributed by atoms with Gasteiger partial charge in [0.25, 0.3) is 20.0 Å². The summed E-state index contributed by atoms with van der Waals surface area (Å²) >= 11 is 0. The highest BCUT2D eigenvalue weighted by Gasteiger charge is 2.20. The van der Waals surface area contributed by atoms with Gasteiger partial charge in [-0.25, -0.2) is 46.8 Å². The smallest absolute Gasteiger partial charge is 0.362 e. The Kier molecular flexibility index (Phi) is 9.49. The highest BCUT2D eigenvalue weighted by Crippen LogP contribution is 2.22. The van der Waals surface area contributed by atoms with Gasteiger partial charge in [0.1, 0.15) is 11.5 Å². The number of benzene rings is 3. The van der Waals surface area contributed by atoms with E-state index < -0.39 is 32.0 Å². The maximum Gasteiger partial charge on any atom is 0.362 e. The SMILES string of the molecule is Cc1nc(NS(=O)(=O)c2ccc(NOC(=O)c3cc(N)cc(C(=O)ONc4ccc(S(=O)(=O)Nc5nc(C)c(C)o5)cc4)c3)cc2)oc1C. The molecule has 49 heavy (non-hydrogen) atoms. The first-order valence-corrected chi connectivity index (χ1v) is 17.0. The van der Waals surface area contributed by atoms with Crippen LogP contribution in [0, 0.1) is 27.7 Å². The summed E-state index contributed by atoms with van der Waals surface area (Å²) in [4.78, 5) is 43.4. The molecule has 0 atom stereocenters. The first-order valence-electron chi connectivity index (χ1n) is 14.1. The van der Waals surface area contributed by atoms with Crippen LogP contribution in [0.25, 0.3) is 0 Å². The zero-order valence-electron chi connectivity index (χ0n) is 26.2. The lowest BCUT2D eigenvalue weighted by molar-refractivity contribution is 0.0595. The van der Waals surface area contributed by atoms with Crippen LogP contribution in [-0.2, 0) is 29.7 Å². The number of rotatable bonds is 12. The van der Waals surface area contributed by atoms with Gasteiger partial charge in [-0.1, -0.05) is 0 Å². The number of aromatic nitrogens is 2. The van der Waals surface area contributed by atoms with Crippen LogP contribution in [0.4, 0.5) is 29.1 Å². The van der Waals surface area contributed by atoms with E-state index in [9.17, 15) is 26.4 Å². The molecule has 6 N–H and O–H groups in total. The van der Waals surface area contributed by atoms with Gasteiger partial charge in [-0.2, -0.15) is 9.97 Å². The number of nitrogens with zero attached hydrogens (tertiary/aromatic N) is 2. The summed E-state index contributed by atoms with van der Waals surface area (Å²) in [6.07, 6.45) is 0. The van der Waals surface area contributed by atoms with Gasteiger partial charge >= 0.3 is 24.0 Å². The molecular formula is C30H29N7O10S2. The van der Waals surface area contributed by atoms with Crippen molar-refractivity contribution >= 4 is 61.1 Å². The van der Waals surface area contributed by atoms with Crippen molar-refractivity contribution in [2.24, 2.45) is 0 Å². The van der Waals surface area contributed by atoms with E-state index in [1.165, 1.54) is 66.7 Å². The number of aryl methyl sites for hydroxylation is 4. The fraction of sp³-hybridized carbons (Fsp3) is 0.133. The summed E-state index contributed by atoms with van der Waals surface area (Å²) in [5.74, 6) is -0.880. The van der Waals surface area contributed by atoms with Gasteiger partial charge in [0.2, 0.25) is 0 Å². The van der Waals surface area contributed by atoms with Crippen LogP contribution in [-0.4, -0.2) is 38.7 Å². The number of nitrogens with two attached hydrogens (primary N) is 1. The van der Waals surface area contributed by atoms with Crippen molar-refractivity contribution in [2.75, 3.05) is 26.1 Å². The molecule has 5 rings (SSSR count). The zero-order valence-corrected chi connectivity index (χ0v) is 27.9. The molecule has 0 bridgehead atoms. The molecule has 17 nitrogen and oxygen atoms in total. The fourth-order valence-electron chi connectivity index (χ4n) is 4.00. The lowest BCUT2D eigenvalue weighted by Crippen LogP contribution is -2.15. The maximum atomic E-state index is 12.7. The number of hydrogen-bond donors (Lipinski definition) is 5. The summed E-state index contributed by atoms with van der Waals surface area (Å²) in [6, 6.07) is 13.9. The third kappa shape index (κ3) is 8.26. The quantitative estimate of drug-likeness (QED) is 0.0886. The largest absolute Gasteiger partial charge is 0.428 e. The molecule has 0 saturated carbocycles. The molecule has 0 saturated heterocycles. The first-order chi connectivity index (χ1) is 23.1. The normalized spacial score (nSPS) is 11.4. The Morgan fingerprint density at radius 1 is 0.633 bits per heavy atom. The average Bonchev–Trinajstić information content (AvgIpc) is 3.54. The van der Waals surface area contributed by atoms with E-state index in [2.05, 4.69) is 30.4 Å². The molecule has 256 valence electrons. The predicted octanol–water partition coefficient (Wildman–Crippen LogP) is 4.45. The van der Waals surface area contributed by atoms with Gasteiger partial charge in [0.15, 0.2) is 0 Å². The Morgan fingerprint density at radius 2 is 1.00 bits per heavy atom. The molecule has 3 aromatic carbocycles. The van der Waals surface area contributed by atoms with Crippen molar-refractivity contribution in [2.45, 2.75) is 37.5 Å². The molecule has 0 aliphatic heterocycles. The molecule has 0 aliphatic rings. The van der Waals surface area contributed by atoms with Crippen LogP contribution in [0.5, 0.6) is 0 Å². The Bertz CT molecular complexity index is 2050. The van der Waals surface area contributed by atoms with Gasteiger partial charge in [-0.3, -0.25) is 0 Å². The van der Waals surface area contributed by atoms with Gasteiger partial charge in [-0.05, 0) is 94.4 Å². The third-order valence-corrected chi connectivity index (χ3v) is 9.45. The van der Waals surface area contributed by atoms with Crippen LogP contribution < -0.4 is 26.1 Å². The van der Waals surface area contributed by atoms with Crippen molar-refractivity contribution in [1.82, 2.24) is 9.97 Å². The second-order valence-electron chi connectivity index (χ2n) is 10.4. The fourth-order valence-corrected chi connectivity index (χ4v) is 5.86. The highest BCUT2D eigenvalue weighted by molar-refractivity contribution is 7.93. The van der Waals surface area contributed by atoms with E-state index in [0.29, 0.717) is 22.9 Å². The number of nitrogens with one attached hydrogen (secondary N) is 4. The van der Waals surface area contributed by atoms with Crippen LogP contribution in [0.3, 0.4) is 0 Å². The second kappa shape index (κ2) is 13.6. The zero-order chi connectivity index (χ0) is 35.5. The Balaban J connectivity index is 1.16. The van der Waals surface area contributed by atoms with Crippen molar-refractivity contribution in [1.29, 1.82) is 0 Å². The van der Waals surface area contributed by atoms with Gasteiger partial charge in [-0.15, -0.1) is 0 Å². The molecule has 0 spiro atoms. The summed E-state index contributed by atoms with van der Waals surface area (Å²) < 4.78 is 65.6. The maximum absolute atomic E-state index is 12.7. The molecule has 0 amide bonds. The van der Waals surface area contributed by atoms with Crippen molar-refractivity contribution in [3.8, 4) is 0 Å². The average molecular weight is 712 g/mol. The predicted molar refractivity (Wildman–Crippen MR) is 175 cm³/mol. The number of hydrogen-bond acceptors (Lipinski definition) is 15. The molecule has 0 aliphatic carbocycles. The van der Waals surface area contributed by atoms with E-state index in [-0.39, 0.29) is 50.0 Å². The van der Waals surface area contributed by atoms with Crippen LogP contribution in [0.15, 0.2) is 85.4 Å². The van der Waals surface area contributed by atoms with Crippen LogP contribution >= 0.6 is 0 Å². The van der Waals surface area contributed by atoms with Crippen molar-refractivity contribution in [3.05, 3.63) is 101 Å². The Hall–Kier alpha value is -6.08. The van der Waals surface area contributed by atoms with Crippen LogP contribution in [0.1, 0.15) is 43.6 Å². The summed E-state index contributed by atoms with van der Waals surface area (Å²) in [5.41, 5.74) is 12.1. The van der Waals surface area contributed by atoms with Gasteiger partial charge < -0.3 is 24.2 Å². The van der Waals surface area contributed by atoms with Crippen LogP contribution in [0.2, 0.25) is 0 Å². The summed E-state index contributed by atoms with van der Waals surface area (Å²) in [5, 5.41) is 0. The number of sulfonamides is 2. The molecule has 5 aromatic rings. The second-order valence-corrected chi connectivity index (χ2v) is 13.8. The lowest BCUT2D eigenvalue weighted by atomic mass is 10.1. The molecule has 0 unspecified atom stereocenters. The Labute approximate surface area is 279 Å². The van der Waals surface area contributed by atoms with E-state index in [4.69, 9.17) is 24.2 Å². The molecule has 2 heterocycles.